The highest BCUT2D eigenvalue weighted by Gasteiger charge is 2.18. The minimum Gasteiger partial charge on any atom is -0.363 e. The number of nitrogens with zero attached hydrogens (tertiary/aromatic N) is 2. The van der Waals surface area contributed by atoms with Gasteiger partial charge in [0.25, 0.3) is 0 Å². The number of hydrogen-bond acceptors (Lipinski definition) is 3. The van der Waals surface area contributed by atoms with Crippen molar-refractivity contribution in [2.75, 3.05) is 18.0 Å². The summed E-state index contributed by atoms with van der Waals surface area (Å²) in [6.45, 7) is 5.70. The van der Waals surface area contributed by atoms with Gasteiger partial charge < -0.3 is 10.6 Å². The minimum atomic E-state index is 0.132. The van der Waals surface area contributed by atoms with Crippen molar-refractivity contribution in [3.63, 3.8) is 0 Å². The summed E-state index contributed by atoms with van der Waals surface area (Å²) in [5.74, 6) is 0. The van der Waals surface area contributed by atoms with E-state index in [2.05, 4.69) is 70.0 Å². The minimum absolute atomic E-state index is 0.132. The summed E-state index contributed by atoms with van der Waals surface area (Å²) in [7, 11) is 0. The van der Waals surface area contributed by atoms with Crippen molar-refractivity contribution in [1.82, 2.24) is 4.98 Å². The van der Waals surface area contributed by atoms with Crippen molar-refractivity contribution in [1.29, 1.82) is 0 Å². The van der Waals surface area contributed by atoms with Crippen molar-refractivity contribution in [2.45, 2.75) is 19.9 Å². The van der Waals surface area contributed by atoms with Gasteiger partial charge in [-0.15, -0.1) is 0 Å². The maximum Gasteiger partial charge on any atom is 0.0680 e. The molecule has 3 nitrogen and oxygen atoms in total. The predicted octanol–water partition coefficient (Wildman–Crippen LogP) is 3.68. The van der Waals surface area contributed by atoms with Crippen LogP contribution in [0.15, 0.2) is 47.2 Å². The van der Waals surface area contributed by atoms with Gasteiger partial charge in [-0.3, -0.25) is 4.98 Å². The number of aromatic nitrogens is 1. The Morgan fingerprint density at radius 3 is 2.50 bits per heavy atom. The quantitative estimate of drug-likeness (QED) is 0.907. The Labute approximate surface area is 129 Å². The van der Waals surface area contributed by atoms with Gasteiger partial charge in [0.15, 0.2) is 0 Å². The van der Waals surface area contributed by atoms with Crippen LogP contribution in [0.25, 0.3) is 0 Å². The average molecular weight is 334 g/mol. The molecule has 2 N–H and O–H groups in total. The van der Waals surface area contributed by atoms with Gasteiger partial charge in [-0.1, -0.05) is 17.7 Å². The lowest BCUT2D eigenvalue weighted by atomic mass is 10.1. The fraction of sp³-hybridized carbons (Fsp3) is 0.312. The Bertz CT molecular complexity index is 554. The zero-order valence-corrected chi connectivity index (χ0v) is 13.5. The molecule has 106 valence electrons. The molecule has 0 aliphatic carbocycles. The first-order chi connectivity index (χ1) is 9.65. The van der Waals surface area contributed by atoms with E-state index >= 15 is 0 Å². The second-order valence-corrected chi connectivity index (χ2v) is 5.73. The number of halogens is 1. The van der Waals surface area contributed by atoms with Crippen LogP contribution in [0.3, 0.4) is 0 Å². The summed E-state index contributed by atoms with van der Waals surface area (Å²) >= 11 is 3.47. The van der Waals surface area contributed by atoms with Crippen LogP contribution in [0.5, 0.6) is 0 Å². The van der Waals surface area contributed by atoms with Gasteiger partial charge in [-0.05, 0) is 53.5 Å². The van der Waals surface area contributed by atoms with E-state index in [0.29, 0.717) is 6.54 Å². The molecule has 0 saturated heterocycles. The number of rotatable bonds is 5. The zero-order chi connectivity index (χ0) is 14.5. The van der Waals surface area contributed by atoms with Crippen LogP contribution in [0.1, 0.15) is 24.1 Å². The van der Waals surface area contributed by atoms with E-state index < -0.39 is 0 Å². The summed E-state index contributed by atoms with van der Waals surface area (Å²) in [6, 6.07) is 10.8. The van der Waals surface area contributed by atoms with Crippen LogP contribution in [-0.2, 0) is 0 Å². The lowest BCUT2D eigenvalue weighted by Gasteiger charge is -2.32. The molecule has 1 unspecified atom stereocenters. The molecule has 0 amide bonds. The van der Waals surface area contributed by atoms with E-state index in [1.165, 1.54) is 11.3 Å². The normalized spacial score (nSPS) is 12.2. The van der Waals surface area contributed by atoms with E-state index in [4.69, 9.17) is 5.73 Å². The maximum absolute atomic E-state index is 6.01. The van der Waals surface area contributed by atoms with Crippen molar-refractivity contribution in [3.8, 4) is 0 Å². The summed E-state index contributed by atoms with van der Waals surface area (Å²) in [5, 5.41) is 0. The van der Waals surface area contributed by atoms with Crippen LogP contribution in [-0.4, -0.2) is 18.1 Å². The molecule has 2 aromatic rings. The Hall–Kier alpha value is -1.39. The molecule has 0 fully saturated rings. The van der Waals surface area contributed by atoms with Crippen LogP contribution >= 0.6 is 15.9 Å². The molecular formula is C16H20BrN3. The number of likely N-dealkylation sites (N-methyl/N-ethyl adjacent to an activating group) is 1. The van der Waals surface area contributed by atoms with E-state index in [-0.39, 0.29) is 6.04 Å². The predicted molar refractivity (Wildman–Crippen MR) is 87.9 cm³/mol. The molecule has 1 aromatic heterocycles. The third kappa shape index (κ3) is 3.38. The molecule has 0 aliphatic heterocycles. The number of pyridine rings is 1. The first-order valence-corrected chi connectivity index (χ1v) is 7.58. The fourth-order valence-corrected chi connectivity index (χ4v) is 2.76. The molecular weight excluding hydrogens is 314 g/mol. The molecule has 0 radical (unpaired) electrons. The highest BCUT2D eigenvalue weighted by molar-refractivity contribution is 9.10. The molecule has 0 bridgehead atoms. The van der Waals surface area contributed by atoms with E-state index in [9.17, 15) is 0 Å². The molecule has 0 spiro atoms. The second-order valence-electron chi connectivity index (χ2n) is 4.81. The first-order valence-electron chi connectivity index (χ1n) is 6.79. The van der Waals surface area contributed by atoms with Gasteiger partial charge in [0.05, 0.1) is 6.04 Å². The molecule has 1 atom stereocenters. The Morgan fingerprint density at radius 2 is 1.95 bits per heavy atom. The molecule has 4 heteroatoms. The van der Waals surface area contributed by atoms with Crippen molar-refractivity contribution >= 4 is 21.6 Å². The number of benzene rings is 1. The lowest BCUT2D eigenvalue weighted by molar-refractivity contribution is 0.640. The van der Waals surface area contributed by atoms with Crippen molar-refractivity contribution in [2.24, 2.45) is 5.73 Å². The summed E-state index contributed by atoms with van der Waals surface area (Å²) in [6.07, 6.45) is 3.68. The Balaban J connectivity index is 2.34. The van der Waals surface area contributed by atoms with Gasteiger partial charge >= 0.3 is 0 Å². The monoisotopic (exact) mass is 333 g/mol. The number of nitrogens with two attached hydrogens (primary N) is 1. The highest BCUT2D eigenvalue weighted by Crippen LogP contribution is 2.27. The molecule has 2 rings (SSSR count). The maximum atomic E-state index is 6.01. The summed E-state index contributed by atoms with van der Waals surface area (Å²) < 4.78 is 0.980. The van der Waals surface area contributed by atoms with Crippen molar-refractivity contribution in [3.05, 3.63) is 58.3 Å². The topological polar surface area (TPSA) is 42.1 Å². The second kappa shape index (κ2) is 6.86. The molecule has 1 aromatic carbocycles. The van der Waals surface area contributed by atoms with Gasteiger partial charge in [0.2, 0.25) is 0 Å². The SMILES string of the molecule is CCN(c1ccc(C)cc1)C(CN)c1cncc(Br)c1. The molecule has 0 aliphatic rings. The smallest absolute Gasteiger partial charge is 0.0680 e. The van der Waals surface area contributed by atoms with Gasteiger partial charge in [0.1, 0.15) is 0 Å². The van der Waals surface area contributed by atoms with E-state index in [1.54, 1.807) is 6.20 Å². The molecule has 20 heavy (non-hydrogen) atoms. The van der Waals surface area contributed by atoms with Crippen LogP contribution < -0.4 is 10.6 Å². The van der Waals surface area contributed by atoms with Crippen LogP contribution in [0.2, 0.25) is 0 Å². The summed E-state index contributed by atoms with van der Waals surface area (Å²) in [4.78, 5) is 6.56. The van der Waals surface area contributed by atoms with Crippen molar-refractivity contribution < 1.29 is 0 Å². The number of aryl methyl sites for hydroxylation is 1. The molecule has 0 saturated carbocycles. The Kier molecular flexibility index (Phi) is 5.15. The summed E-state index contributed by atoms with van der Waals surface area (Å²) in [5.41, 5.74) is 9.59. The van der Waals surface area contributed by atoms with Crippen LogP contribution in [0.4, 0.5) is 5.69 Å². The van der Waals surface area contributed by atoms with Gasteiger partial charge in [-0.25, -0.2) is 0 Å². The number of anilines is 1. The number of hydrogen-bond donors (Lipinski definition) is 1. The third-order valence-electron chi connectivity index (χ3n) is 3.42. The van der Waals surface area contributed by atoms with Gasteiger partial charge in [0, 0.05) is 35.6 Å². The lowest BCUT2D eigenvalue weighted by Crippen LogP contribution is -2.33. The Morgan fingerprint density at radius 1 is 1.25 bits per heavy atom. The molecule has 1 heterocycles. The zero-order valence-electron chi connectivity index (χ0n) is 11.9. The van der Waals surface area contributed by atoms with E-state index in [1.807, 2.05) is 6.20 Å². The highest BCUT2D eigenvalue weighted by atomic mass is 79.9. The van der Waals surface area contributed by atoms with Crippen LogP contribution in [0, 0.1) is 6.92 Å². The standard InChI is InChI=1S/C16H20BrN3/c1-3-20(15-6-4-12(2)5-7-15)16(9-18)13-8-14(17)11-19-10-13/h4-8,10-11,16H,3,9,18H2,1-2H3. The largest absolute Gasteiger partial charge is 0.363 e. The fourth-order valence-electron chi connectivity index (χ4n) is 2.37. The third-order valence-corrected chi connectivity index (χ3v) is 3.85. The average Bonchev–Trinajstić information content (AvgIpc) is 2.46. The van der Waals surface area contributed by atoms with E-state index in [0.717, 1.165) is 16.6 Å². The van der Waals surface area contributed by atoms with Gasteiger partial charge in [-0.2, -0.15) is 0 Å². The first kappa shape index (κ1) is 15.0.